The maximum absolute atomic E-state index is 14.0. The molecule has 2 unspecified atom stereocenters. The minimum atomic E-state index is -0.365. The number of anilines is 1. The summed E-state index contributed by atoms with van der Waals surface area (Å²) in [6.07, 6.45) is 6.09. The van der Waals surface area contributed by atoms with E-state index in [2.05, 4.69) is 12.2 Å². The van der Waals surface area contributed by atoms with Crippen LogP contribution in [0.3, 0.4) is 0 Å². The predicted molar refractivity (Wildman–Crippen MR) is 119 cm³/mol. The van der Waals surface area contributed by atoms with Crippen molar-refractivity contribution in [3.05, 3.63) is 64.3 Å². The Kier molecular flexibility index (Phi) is 5.95. The average Bonchev–Trinajstić information content (AvgIpc) is 2.74. The van der Waals surface area contributed by atoms with E-state index in [0.717, 1.165) is 24.2 Å². The molecule has 1 saturated carbocycles. The smallest absolute Gasteiger partial charge is 0.264 e. The van der Waals surface area contributed by atoms with Crippen molar-refractivity contribution in [3.8, 4) is 0 Å². The van der Waals surface area contributed by atoms with Crippen molar-refractivity contribution in [3.63, 3.8) is 0 Å². The van der Waals surface area contributed by atoms with E-state index in [-0.39, 0.29) is 23.7 Å². The van der Waals surface area contributed by atoms with Gasteiger partial charge in [0.25, 0.3) is 11.8 Å². The maximum Gasteiger partial charge on any atom is 0.264 e. The van der Waals surface area contributed by atoms with Gasteiger partial charge in [-0.2, -0.15) is 0 Å². The fourth-order valence-electron chi connectivity index (χ4n) is 4.05. The normalized spacial score (nSPS) is 22.7. The Morgan fingerprint density at radius 3 is 2.73 bits per heavy atom. The monoisotopic (exact) mass is 424 g/mol. The Labute approximate surface area is 180 Å². The number of nitrogens with one attached hydrogen (secondary N) is 1. The van der Waals surface area contributed by atoms with Gasteiger partial charge in [-0.1, -0.05) is 49.7 Å². The minimum absolute atomic E-state index is 0.102. The van der Waals surface area contributed by atoms with Gasteiger partial charge in [0, 0.05) is 29.1 Å². The van der Waals surface area contributed by atoms with Crippen molar-refractivity contribution in [1.29, 1.82) is 0 Å². The summed E-state index contributed by atoms with van der Waals surface area (Å²) < 4.78 is 14.0. The minimum Gasteiger partial charge on any atom is -0.349 e. The van der Waals surface area contributed by atoms with E-state index >= 15 is 0 Å². The van der Waals surface area contributed by atoms with Gasteiger partial charge >= 0.3 is 0 Å². The average molecular weight is 425 g/mol. The first-order valence-corrected chi connectivity index (χ1v) is 11.1. The lowest BCUT2D eigenvalue weighted by Gasteiger charge is -2.30. The van der Waals surface area contributed by atoms with Crippen molar-refractivity contribution in [2.75, 3.05) is 11.9 Å². The van der Waals surface area contributed by atoms with Crippen molar-refractivity contribution < 1.29 is 14.0 Å². The van der Waals surface area contributed by atoms with E-state index < -0.39 is 0 Å². The molecule has 1 N–H and O–H groups in total. The Morgan fingerprint density at radius 2 is 1.97 bits per heavy atom. The van der Waals surface area contributed by atoms with E-state index in [1.165, 1.54) is 29.1 Å². The molecule has 0 radical (unpaired) electrons. The van der Waals surface area contributed by atoms with Crippen LogP contribution in [0.5, 0.6) is 0 Å². The van der Waals surface area contributed by atoms with Crippen molar-refractivity contribution in [1.82, 2.24) is 5.32 Å². The Morgan fingerprint density at radius 1 is 1.20 bits per heavy atom. The predicted octanol–water partition coefficient (Wildman–Crippen LogP) is 5.24. The molecule has 6 heteroatoms. The van der Waals surface area contributed by atoms with Crippen LogP contribution >= 0.6 is 11.8 Å². The van der Waals surface area contributed by atoms with Crippen LogP contribution in [-0.4, -0.2) is 24.9 Å². The zero-order valence-electron chi connectivity index (χ0n) is 17.2. The van der Waals surface area contributed by atoms with Crippen LogP contribution in [0.1, 0.15) is 48.5 Å². The zero-order valence-corrected chi connectivity index (χ0v) is 18.0. The van der Waals surface area contributed by atoms with Gasteiger partial charge in [0.2, 0.25) is 0 Å². The summed E-state index contributed by atoms with van der Waals surface area (Å²) in [5.74, 6) is -0.202. The number of likely N-dealkylation sites (N-methyl/N-ethyl adjacent to an activating group) is 1. The molecule has 4 rings (SSSR count). The van der Waals surface area contributed by atoms with Gasteiger partial charge in [0.15, 0.2) is 0 Å². The van der Waals surface area contributed by atoms with Crippen LogP contribution in [0.4, 0.5) is 10.1 Å². The van der Waals surface area contributed by atoms with Gasteiger partial charge < -0.3 is 10.2 Å². The molecule has 1 aliphatic carbocycles. The number of carbonyl (C=O) groups excluding carboxylic acids is 2. The lowest BCUT2D eigenvalue weighted by Crippen LogP contribution is -2.41. The summed E-state index contributed by atoms with van der Waals surface area (Å²) in [4.78, 5) is 28.5. The molecule has 2 amide bonds. The number of amides is 2. The van der Waals surface area contributed by atoms with Gasteiger partial charge in [-0.15, -0.1) is 0 Å². The molecule has 1 fully saturated rings. The Hall–Kier alpha value is -2.60. The summed E-state index contributed by atoms with van der Waals surface area (Å²) in [6, 6.07) is 12.0. The van der Waals surface area contributed by atoms with E-state index in [4.69, 9.17) is 0 Å². The molecular weight excluding hydrogens is 399 g/mol. The molecule has 30 heavy (non-hydrogen) atoms. The summed E-state index contributed by atoms with van der Waals surface area (Å²) in [5.41, 5.74) is 1.62. The molecule has 2 atom stereocenters. The molecule has 0 saturated heterocycles. The van der Waals surface area contributed by atoms with Crippen LogP contribution in [0, 0.1) is 11.7 Å². The summed E-state index contributed by atoms with van der Waals surface area (Å²) >= 11 is 1.30. The van der Waals surface area contributed by atoms with E-state index in [1.807, 2.05) is 6.07 Å². The number of halogens is 1. The van der Waals surface area contributed by atoms with Crippen molar-refractivity contribution >= 4 is 35.3 Å². The number of hydrogen-bond donors (Lipinski definition) is 1. The van der Waals surface area contributed by atoms with Gasteiger partial charge in [-0.3, -0.25) is 9.59 Å². The lowest BCUT2D eigenvalue weighted by atomic mass is 9.86. The van der Waals surface area contributed by atoms with Gasteiger partial charge in [0.1, 0.15) is 5.82 Å². The van der Waals surface area contributed by atoms with Gasteiger partial charge in [-0.25, -0.2) is 4.39 Å². The zero-order chi connectivity index (χ0) is 21.3. The number of benzene rings is 2. The number of nitrogens with zero attached hydrogens (tertiary/aromatic N) is 1. The van der Waals surface area contributed by atoms with Gasteiger partial charge in [-0.05, 0) is 49.1 Å². The molecule has 1 heterocycles. The molecule has 2 aromatic carbocycles. The first-order chi connectivity index (χ1) is 14.4. The first-order valence-electron chi connectivity index (χ1n) is 10.3. The Bertz CT molecular complexity index is 1020. The second-order valence-corrected chi connectivity index (χ2v) is 9.10. The molecule has 0 aromatic heterocycles. The van der Waals surface area contributed by atoms with E-state index in [9.17, 15) is 14.0 Å². The van der Waals surface area contributed by atoms with Crippen LogP contribution in [-0.2, 0) is 4.79 Å². The fraction of sp³-hybridized carbons (Fsp3) is 0.333. The highest BCUT2D eigenvalue weighted by molar-refractivity contribution is 8.04. The maximum atomic E-state index is 14.0. The largest absolute Gasteiger partial charge is 0.349 e. The number of carbonyl (C=O) groups is 2. The molecule has 0 bridgehead atoms. The summed E-state index contributed by atoms with van der Waals surface area (Å²) in [6.45, 7) is 2.18. The molecule has 156 valence electrons. The quantitative estimate of drug-likeness (QED) is 0.685. The second kappa shape index (κ2) is 8.64. The first kappa shape index (κ1) is 20.7. The highest BCUT2D eigenvalue weighted by atomic mass is 32.2. The second-order valence-electron chi connectivity index (χ2n) is 8.02. The van der Waals surface area contributed by atoms with Crippen LogP contribution in [0.15, 0.2) is 52.3 Å². The molecule has 0 spiro atoms. The molecule has 1 aliphatic heterocycles. The summed E-state index contributed by atoms with van der Waals surface area (Å²) in [5, 5.41) is 3.16. The lowest BCUT2D eigenvalue weighted by molar-refractivity contribution is -0.114. The van der Waals surface area contributed by atoms with Crippen molar-refractivity contribution in [2.24, 2.45) is 5.92 Å². The molecule has 2 aromatic rings. The number of fused-ring (bicyclic) bond motifs is 1. The number of hydrogen-bond acceptors (Lipinski definition) is 3. The SMILES string of the molecule is CC1CCCCC1NC(=O)c1ccc2c(c1)N(C)C(=O)C(=Cc1ccccc1F)S2. The van der Waals surface area contributed by atoms with E-state index in [0.29, 0.717) is 27.6 Å². The highest BCUT2D eigenvalue weighted by Gasteiger charge is 2.28. The number of thioether (sulfide) groups is 1. The van der Waals surface area contributed by atoms with Crippen LogP contribution < -0.4 is 10.2 Å². The molecule has 4 nitrogen and oxygen atoms in total. The standard InChI is InChI=1S/C24H25FN2O2S/c1-15-7-3-6-10-19(15)26-23(28)17-11-12-21-20(13-17)27(2)24(29)22(30-21)14-16-8-4-5-9-18(16)25/h4-5,8-9,11-15,19H,3,6-7,10H2,1-2H3,(H,26,28). The Balaban J connectivity index is 1.57. The summed E-state index contributed by atoms with van der Waals surface area (Å²) in [7, 11) is 1.68. The highest BCUT2D eigenvalue weighted by Crippen LogP contribution is 2.42. The third-order valence-corrected chi connectivity index (χ3v) is 7.02. The third kappa shape index (κ3) is 4.15. The fourth-order valence-corrected chi connectivity index (χ4v) is 5.13. The topological polar surface area (TPSA) is 49.4 Å². The van der Waals surface area contributed by atoms with Crippen molar-refractivity contribution in [2.45, 2.75) is 43.5 Å². The van der Waals surface area contributed by atoms with E-state index in [1.54, 1.807) is 43.5 Å². The molecular formula is C24H25FN2O2S. The third-order valence-electron chi connectivity index (χ3n) is 5.94. The molecule has 2 aliphatic rings. The van der Waals surface area contributed by atoms with Gasteiger partial charge in [0.05, 0.1) is 10.6 Å². The van der Waals surface area contributed by atoms with Crippen LogP contribution in [0.25, 0.3) is 6.08 Å². The van der Waals surface area contributed by atoms with Crippen LogP contribution in [0.2, 0.25) is 0 Å². The number of rotatable bonds is 3.